The molecule has 0 amide bonds. The van der Waals surface area contributed by atoms with Gasteiger partial charge in [0.2, 0.25) is 0 Å². The zero-order valence-corrected chi connectivity index (χ0v) is 9.19. The molecule has 1 N–H and O–H groups in total. The van der Waals surface area contributed by atoms with E-state index in [1.165, 1.54) is 0 Å². The number of carbonyl (C=O) groups excluding carboxylic acids is 1. The van der Waals surface area contributed by atoms with Crippen LogP contribution in [0.15, 0.2) is 0 Å². The molecule has 1 aliphatic rings. The molecule has 0 aromatic heterocycles. The summed E-state index contributed by atoms with van der Waals surface area (Å²) in [7, 11) is 0. The van der Waals surface area contributed by atoms with Crippen LogP contribution < -0.4 is 0 Å². The van der Waals surface area contributed by atoms with Crippen molar-refractivity contribution in [3.05, 3.63) is 0 Å². The Bertz CT molecular complexity index is 201. The van der Waals surface area contributed by atoms with Gasteiger partial charge in [0.15, 0.2) is 0 Å². The largest absolute Gasteiger partial charge is 0.466 e. The normalized spacial score (nSPS) is 32.2. The molecule has 1 aliphatic carbocycles. The number of ether oxygens (including phenoxy) is 1. The van der Waals surface area contributed by atoms with Gasteiger partial charge in [-0.05, 0) is 31.6 Å². The minimum Gasteiger partial charge on any atom is -0.466 e. The summed E-state index contributed by atoms with van der Waals surface area (Å²) >= 11 is 0. The molecule has 3 unspecified atom stereocenters. The van der Waals surface area contributed by atoms with Gasteiger partial charge in [-0.3, -0.25) is 4.79 Å². The van der Waals surface area contributed by atoms with Crippen LogP contribution in [0.1, 0.15) is 33.6 Å². The van der Waals surface area contributed by atoms with E-state index in [9.17, 15) is 9.90 Å². The Labute approximate surface area is 85.5 Å². The highest BCUT2D eigenvalue weighted by molar-refractivity contribution is 5.73. The predicted molar refractivity (Wildman–Crippen MR) is 53.7 cm³/mol. The Morgan fingerprint density at radius 1 is 1.50 bits per heavy atom. The Balaban J connectivity index is 2.54. The van der Waals surface area contributed by atoms with E-state index in [2.05, 4.69) is 13.8 Å². The Kier molecular flexibility index (Phi) is 3.93. The van der Waals surface area contributed by atoms with Gasteiger partial charge >= 0.3 is 5.97 Å². The second-order valence-corrected chi connectivity index (χ2v) is 4.33. The zero-order valence-electron chi connectivity index (χ0n) is 9.19. The third-order valence-corrected chi connectivity index (χ3v) is 3.11. The molecule has 1 fully saturated rings. The number of rotatable bonds is 3. The molecule has 0 spiro atoms. The molecule has 3 heteroatoms. The lowest BCUT2D eigenvalue weighted by molar-refractivity contribution is -0.151. The first-order valence-corrected chi connectivity index (χ1v) is 5.42. The molecule has 14 heavy (non-hydrogen) atoms. The molecule has 0 bridgehead atoms. The Hall–Kier alpha value is -0.570. The van der Waals surface area contributed by atoms with E-state index in [0.717, 1.165) is 12.8 Å². The van der Waals surface area contributed by atoms with E-state index < -0.39 is 6.10 Å². The third kappa shape index (κ3) is 2.27. The molecule has 3 atom stereocenters. The van der Waals surface area contributed by atoms with Gasteiger partial charge in [-0.25, -0.2) is 0 Å². The maximum absolute atomic E-state index is 11.4. The minimum absolute atomic E-state index is 0.233. The van der Waals surface area contributed by atoms with Crippen LogP contribution in [0.25, 0.3) is 0 Å². The smallest absolute Gasteiger partial charge is 0.311 e. The van der Waals surface area contributed by atoms with E-state index in [-0.39, 0.29) is 17.8 Å². The standard InChI is InChI=1S/C11H20O3/c1-4-14-11(13)9-6-5-8(7(2)3)10(9)12/h7-10,12H,4-6H2,1-3H3. The lowest BCUT2D eigenvalue weighted by Crippen LogP contribution is -2.30. The first-order chi connectivity index (χ1) is 6.57. The molecular formula is C11H20O3. The van der Waals surface area contributed by atoms with Gasteiger partial charge in [-0.1, -0.05) is 13.8 Å². The van der Waals surface area contributed by atoms with E-state index in [1.807, 2.05) is 0 Å². The number of aliphatic hydroxyl groups excluding tert-OH is 1. The van der Waals surface area contributed by atoms with Crippen LogP contribution in [0.4, 0.5) is 0 Å². The van der Waals surface area contributed by atoms with E-state index in [1.54, 1.807) is 6.92 Å². The molecule has 0 saturated heterocycles. The van der Waals surface area contributed by atoms with Crippen molar-refractivity contribution >= 4 is 5.97 Å². The van der Waals surface area contributed by atoms with Crippen LogP contribution in [0.3, 0.4) is 0 Å². The highest BCUT2D eigenvalue weighted by Crippen LogP contribution is 2.36. The fourth-order valence-electron chi connectivity index (χ4n) is 2.25. The molecule has 3 nitrogen and oxygen atoms in total. The van der Waals surface area contributed by atoms with E-state index in [0.29, 0.717) is 12.5 Å². The second-order valence-electron chi connectivity index (χ2n) is 4.33. The molecule has 0 aromatic rings. The summed E-state index contributed by atoms with van der Waals surface area (Å²) in [5, 5.41) is 9.92. The molecule has 0 aromatic carbocycles. The van der Waals surface area contributed by atoms with Crippen LogP contribution in [-0.4, -0.2) is 23.8 Å². The van der Waals surface area contributed by atoms with Crippen molar-refractivity contribution in [3.63, 3.8) is 0 Å². The number of hydrogen-bond donors (Lipinski definition) is 1. The summed E-state index contributed by atoms with van der Waals surface area (Å²) in [5.41, 5.74) is 0. The summed E-state index contributed by atoms with van der Waals surface area (Å²) in [5.74, 6) is 0.166. The fourth-order valence-corrected chi connectivity index (χ4v) is 2.25. The average Bonchev–Trinajstić information content (AvgIpc) is 2.47. The van der Waals surface area contributed by atoms with Crippen molar-refractivity contribution in [1.29, 1.82) is 0 Å². The zero-order chi connectivity index (χ0) is 10.7. The summed E-state index contributed by atoms with van der Waals surface area (Å²) in [4.78, 5) is 11.4. The van der Waals surface area contributed by atoms with E-state index in [4.69, 9.17) is 4.74 Å². The Morgan fingerprint density at radius 3 is 2.57 bits per heavy atom. The maximum Gasteiger partial charge on any atom is 0.311 e. The maximum atomic E-state index is 11.4. The lowest BCUT2D eigenvalue weighted by Gasteiger charge is -2.21. The van der Waals surface area contributed by atoms with Gasteiger partial charge < -0.3 is 9.84 Å². The fraction of sp³-hybridized carbons (Fsp3) is 0.909. The first-order valence-electron chi connectivity index (χ1n) is 5.42. The molecule has 0 heterocycles. The second kappa shape index (κ2) is 4.78. The van der Waals surface area contributed by atoms with E-state index >= 15 is 0 Å². The quantitative estimate of drug-likeness (QED) is 0.704. The number of hydrogen-bond acceptors (Lipinski definition) is 3. The summed E-state index contributed by atoms with van der Waals surface area (Å²) in [6.07, 6.45) is 1.19. The van der Waals surface area contributed by atoms with Crippen molar-refractivity contribution in [2.24, 2.45) is 17.8 Å². The lowest BCUT2D eigenvalue weighted by atomic mass is 9.91. The molecule has 1 saturated carbocycles. The summed E-state index contributed by atoms with van der Waals surface area (Å²) in [6, 6.07) is 0. The molecule has 1 rings (SSSR count). The van der Waals surface area contributed by atoms with Crippen molar-refractivity contribution in [1.82, 2.24) is 0 Å². The van der Waals surface area contributed by atoms with Gasteiger partial charge in [-0.2, -0.15) is 0 Å². The SMILES string of the molecule is CCOC(=O)C1CCC(C(C)C)C1O. The average molecular weight is 200 g/mol. The molecule has 82 valence electrons. The highest BCUT2D eigenvalue weighted by atomic mass is 16.5. The highest BCUT2D eigenvalue weighted by Gasteiger charge is 2.40. The van der Waals surface area contributed by atoms with Crippen molar-refractivity contribution in [3.8, 4) is 0 Å². The van der Waals surface area contributed by atoms with Crippen LogP contribution in [0, 0.1) is 17.8 Å². The number of carbonyl (C=O) groups is 1. The number of aliphatic hydroxyl groups is 1. The molecule has 0 aliphatic heterocycles. The van der Waals surface area contributed by atoms with Crippen LogP contribution in [0.2, 0.25) is 0 Å². The Morgan fingerprint density at radius 2 is 2.14 bits per heavy atom. The van der Waals surface area contributed by atoms with Crippen molar-refractivity contribution in [2.75, 3.05) is 6.61 Å². The van der Waals surface area contributed by atoms with Gasteiger partial charge in [0.25, 0.3) is 0 Å². The van der Waals surface area contributed by atoms with Crippen molar-refractivity contribution < 1.29 is 14.6 Å². The van der Waals surface area contributed by atoms with Gasteiger partial charge in [0.1, 0.15) is 0 Å². The summed E-state index contributed by atoms with van der Waals surface area (Å²) in [6.45, 7) is 6.36. The van der Waals surface area contributed by atoms with Gasteiger partial charge in [0, 0.05) is 0 Å². The third-order valence-electron chi connectivity index (χ3n) is 3.11. The van der Waals surface area contributed by atoms with Crippen LogP contribution in [-0.2, 0) is 9.53 Å². The molecule has 0 radical (unpaired) electrons. The van der Waals surface area contributed by atoms with Gasteiger partial charge in [0.05, 0.1) is 18.6 Å². The first kappa shape index (κ1) is 11.5. The van der Waals surface area contributed by atoms with Gasteiger partial charge in [-0.15, -0.1) is 0 Å². The predicted octanol–water partition coefficient (Wildman–Crippen LogP) is 1.59. The summed E-state index contributed by atoms with van der Waals surface area (Å²) < 4.78 is 4.93. The van der Waals surface area contributed by atoms with Crippen LogP contribution >= 0.6 is 0 Å². The minimum atomic E-state index is -0.506. The topological polar surface area (TPSA) is 46.5 Å². The number of esters is 1. The van der Waals surface area contributed by atoms with Crippen LogP contribution in [0.5, 0.6) is 0 Å². The monoisotopic (exact) mass is 200 g/mol. The molecular weight excluding hydrogens is 180 g/mol. The van der Waals surface area contributed by atoms with Crippen molar-refractivity contribution in [2.45, 2.75) is 39.7 Å².